The number of nitrogens with two attached hydrogens (primary N) is 1. The number of benzene rings is 1. The van der Waals surface area contributed by atoms with Crippen molar-refractivity contribution in [3.05, 3.63) is 39.9 Å². The molecule has 0 aliphatic carbocycles. The first kappa shape index (κ1) is 21.9. The molecule has 146 valence electrons. The Hall–Kier alpha value is -2.16. The van der Waals surface area contributed by atoms with E-state index in [1.54, 1.807) is 0 Å². The predicted octanol–water partition coefficient (Wildman–Crippen LogP) is 3.70. The van der Waals surface area contributed by atoms with E-state index in [9.17, 15) is 18.5 Å². The molecule has 0 bridgehead atoms. The van der Waals surface area contributed by atoms with E-state index in [4.69, 9.17) is 5.73 Å². The Morgan fingerprint density at radius 3 is 2.15 bits per heavy atom. The summed E-state index contributed by atoms with van der Waals surface area (Å²) in [5, 5.41) is 14.0. The Labute approximate surface area is 154 Å². The fourth-order valence-corrected chi connectivity index (χ4v) is 3.18. The maximum Gasteiger partial charge on any atom is 0.328 e. The highest BCUT2D eigenvalue weighted by Gasteiger charge is 2.12. The fraction of sp³-hybridized carbons (Fsp3) is 0.588. The molecule has 0 aliphatic rings. The van der Waals surface area contributed by atoms with E-state index in [0.29, 0.717) is 12.0 Å². The lowest BCUT2D eigenvalue weighted by Crippen LogP contribution is -2.16. The predicted molar refractivity (Wildman–Crippen MR) is 101 cm³/mol. The van der Waals surface area contributed by atoms with Gasteiger partial charge in [0.05, 0.1) is 10.7 Å². The maximum atomic E-state index is 11.8. The monoisotopic (exact) mass is 385 g/mol. The van der Waals surface area contributed by atoms with Gasteiger partial charge >= 0.3 is 10.1 Å². The lowest BCUT2D eigenvalue weighted by Gasteiger charge is -2.04. The van der Waals surface area contributed by atoms with Gasteiger partial charge in [-0.2, -0.15) is 8.42 Å². The molecule has 0 atom stereocenters. The van der Waals surface area contributed by atoms with Gasteiger partial charge in [-0.05, 0) is 23.7 Å². The first-order valence-electron chi connectivity index (χ1n) is 8.85. The standard InChI is InChI=1S/C17H27N3O5S/c1-2-3-4-5-6-7-8-9-14-26(23,24)25-19-17(18)15-10-12-16(13-11-15)20(21)22/h10-13H,2-9,14H2,1H3,(H2,18,19). The summed E-state index contributed by atoms with van der Waals surface area (Å²) in [4.78, 5) is 10.1. The van der Waals surface area contributed by atoms with E-state index in [0.717, 1.165) is 19.3 Å². The molecule has 1 aromatic carbocycles. The second-order valence-corrected chi connectivity index (χ2v) is 7.76. The summed E-state index contributed by atoms with van der Waals surface area (Å²) >= 11 is 0. The topological polar surface area (TPSA) is 125 Å². The lowest BCUT2D eigenvalue weighted by molar-refractivity contribution is -0.384. The summed E-state index contributed by atoms with van der Waals surface area (Å²) in [5.41, 5.74) is 5.91. The highest BCUT2D eigenvalue weighted by atomic mass is 32.2. The average Bonchev–Trinajstić information content (AvgIpc) is 2.62. The Bertz CT molecular complexity index is 687. The van der Waals surface area contributed by atoms with Gasteiger partial charge in [-0.1, -0.05) is 51.9 Å². The molecular formula is C17H27N3O5S. The second-order valence-electron chi connectivity index (χ2n) is 6.09. The van der Waals surface area contributed by atoms with Gasteiger partial charge in [0.15, 0.2) is 5.84 Å². The van der Waals surface area contributed by atoms with Gasteiger partial charge in [0, 0.05) is 17.7 Å². The van der Waals surface area contributed by atoms with Crippen molar-refractivity contribution in [1.29, 1.82) is 0 Å². The fourth-order valence-electron chi connectivity index (χ4n) is 2.35. The van der Waals surface area contributed by atoms with Crippen LogP contribution in [0.5, 0.6) is 0 Å². The van der Waals surface area contributed by atoms with Gasteiger partial charge < -0.3 is 5.73 Å². The number of hydrogen-bond acceptors (Lipinski definition) is 6. The first-order chi connectivity index (χ1) is 12.4. The van der Waals surface area contributed by atoms with Crippen molar-refractivity contribution in [2.45, 2.75) is 58.3 Å². The molecule has 0 amide bonds. The molecule has 1 aromatic rings. The summed E-state index contributed by atoms with van der Waals surface area (Å²) < 4.78 is 28.2. The van der Waals surface area contributed by atoms with Crippen molar-refractivity contribution < 1.29 is 17.6 Å². The molecule has 1 rings (SSSR count). The number of amidine groups is 1. The number of unbranched alkanes of at least 4 members (excludes halogenated alkanes) is 7. The molecule has 0 aromatic heterocycles. The SMILES string of the molecule is CCCCCCCCCCS(=O)(=O)O/N=C(\N)c1ccc([N+](=O)[O-])cc1. The van der Waals surface area contributed by atoms with Crippen LogP contribution in [0.3, 0.4) is 0 Å². The minimum atomic E-state index is -3.78. The number of nitro groups is 1. The van der Waals surface area contributed by atoms with Gasteiger partial charge in [0.1, 0.15) is 0 Å². The van der Waals surface area contributed by atoms with Crippen LogP contribution in [0, 0.1) is 10.1 Å². The van der Waals surface area contributed by atoms with E-state index in [1.807, 2.05) is 0 Å². The Kier molecular flexibility index (Phi) is 9.64. The van der Waals surface area contributed by atoms with Crippen LogP contribution in [0.2, 0.25) is 0 Å². The first-order valence-corrected chi connectivity index (χ1v) is 10.4. The molecule has 0 saturated carbocycles. The molecular weight excluding hydrogens is 358 g/mol. The smallest absolute Gasteiger partial charge is 0.328 e. The molecule has 0 heterocycles. The number of nitro benzene ring substituents is 1. The van der Waals surface area contributed by atoms with Crippen molar-refractivity contribution in [2.24, 2.45) is 10.9 Å². The molecule has 9 heteroatoms. The van der Waals surface area contributed by atoms with E-state index in [2.05, 4.69) is 16.4 Å². The summed E-state index contributed by atoms with van der Waals surface area (Å²) in [6.45, 7) is 2.17. The van der Waals surface area contributed by atoms with E-state index in [1.165, 1.54) is 49.9 Å². The summed E-state index contributed by atoms with van der Waals surface area (Å²) in [5.74, 6) is -0.265. The van der Waals surface area contributed by atoms with Gasteiger partial charge in [0.25, 0.3) is 5.69 Å². The third kappa shape index (κ3) is 8.80. The third-order valence-electron chi connectivity index (χ3n) is 3.87. The molecule has 2 N–H and O–H groups in total. The van der Waals surface area contributed by atoms with Gasteiger partial charge in [-0.25, -0.2) is 0 Å². The van der Waals surface area contributed by atoms with Crippen LogP contribution in [-0.2, 0) is 14.4 Å². The zero-order chi connectivity index (χ0) is 19.4. The van der Waals surface area contributed by atoms with Crippen molar-refractivity contribution >= 4 is 21.6 Å². The van der Waals surface area contributed by atoms with Crippen LogP contribution in [0.1, 0.15) is 63.9 Å². The minimum absolute atomic E-state index is 0.0928. The molecule has 0 spiro atoms. The number of hydrogen-bond donors (Lipinski definition) is 1. The van der Waals surface area contributed by atoms with Crippen molar-refractivity contribution in [2.75, 3.05) is 5.75 Å². The molecule has 26 heavy (non-hydrogen) atoms. The molecule has 0 saturated heterocycles. The van der Waals surface area contributed by atoms with Crippen LogP contribution in [-0.4, -0.2) is 24.9 Å². The largest absolute Gasteiger partial charge is 0.380 e. The highest BCUT2D eigenvalue weighted by Crippen LogP contribution is 2.12. The zero-order valence-electron chi connectivity index (χ0n) is 15.1. The normalized spacial score (nSPS) is 12.1. The highest BCUT2D eigenvalue weighted by molar-refractivity contribution is 7.86. The number of oxime groups is 1. The lowest BCUT2D eigenvalue weighted by atomic mass is 10.1. The molecule has 0 unspecified atom stereocenters. The van der Waals surface area contributed by atoms with Crippen molar-refractivity contribution in [3.63, 3.8) is 0 Å². The van der Waals surface area contributed by atoms with E-state index >= 15 is 0 Å². The van der Waals surface area contributed by atoms with Crippen molar-refractivity contribution in [3.8, 4) is 0 Å². The number of nitrogens with zero attached hydrogens (tertiary/aromatic N) is 2. The van der Waals surface area contributed by atoms with Crippen LogP contribution >= 0.6 is 0 Å². The maximum absolute atomic E-state index is 11.8. The Balaban J connectivity index is 2.36. The zero-order valence-corrected chi connectivity index (χ0v) is 15.9. The van der Waals surface area contributed by atoms with Crippen LogP contribution in [0.4, 0.5) is 5.69 Å². The van der Waals surface area contributed by atoms with Crippen LogP contribution in [0.15, 0.2) is 29.4 Å². The quantitative estimate of drug-likeness (QED) is 0.181. The Morgan fingerprint density at radius 1 is 1.08 bits per heavy atom. The molecule has 0 radical (unpaired) electrons. The molecule has 0 aliphatic heterocycles. The average molecular weight is 385 g/mol. The third-order valence-corrected chi connectivity index (χ3v) is 4.96. The summed E-state index contributed by atoms with van der Waals surface area (Å²) in [6, 6.07) is 5.27. The minimum Gasteiger partial charge on any atom is -0.380 e. The van der Waals surface area contributed by atoms with Gasteiger partial charge in [-0.15, -0.1) is 0 Å². The summed E-state index contributed by atoms with van der Waals surface area (Å²) in [6.07, 6.45) is 8.34. The number of non-ortho nitro benzene ring substituents is 1. The second kappa shape index (κ2) is 11.5. The van der Waals surface area contributed by atoms with Gasteiger partial charge in [0.2, 0.25) is 0 Å². The van der Waals surface area contributed by atoms with Gasteiger partial charge in [-0.3, -0.25) is 14.4 Å². The van der Waals surface area contributed by atoms with E-state index < -0.39 is 15.0 Å². The van der Waals surface area contributed by atoms with Crippen LogP contribution in [0.25, 0.3) is 0 Å². The van der Waals surface area contributed by atoms with E-state index in [-0.39, 0.29) is 17.3 Å². The Morgan fingerprint density at radius 2 is 1.62 bits per heavy atom. The van der Waals surface area contributed by atoms with Crippen molar-refractivity contribution in [1.82, 2.24) is 0 Å². The van der Waals surface area contributed by atoms with Crippen LogP contribution < -0.4 is 5.73 Å². The summed E-state index contributed by atoms with van der Waals surface area (Å²) in [7, 11) is -3.78. The molecule has 0 fully saturated rings. The molecule has 8 nitrogen and oxygen atoms in total. The number of rotatable bonds is 13.